The fourth-order valence-corrected chi connectivity index (χ4v) is 3.58. The fourth-order valence-electron chi connectivity index (χ4n) is 3.46. The van der Waals surface area contributed by atoms with Crippen LogP contribution in [0.5, 0.6) is 0 Å². The number of nitrogens with zero attached hydrogens (tertiary/aromatic N) is 3. The molecule has 4 rings (SSSR count). The molecule has 0 saturated carbocycles. The Morgan fingerprint density at radius 2 is 2.07 bits per heavy atom. The summed E-state index contributed by atoms with van der Waals surface area (Å²) >= 11 is 6.00. The van der Waals surface area contributed by atoms with Gasteiger partial charge in [0.05, 0.1) is 12.0 Å². The van der Waals surface area contributed by atoms with Gasteiger partial charge >= 0.3 is 6.03 Å². The van der Waals surface area contributed by atoms with Gasteiger partial charge < -0.3 is 20.0 Å². The molecule has 0 spiro atoms. The number of furan rings is 1. The van der Waals surface area contributed by atoms with E-state index in [1.54, 1.807) is 40.1 Å². The number of urea groups is 1. The number of likely N-dealkylation sites (tertiary alicyclic amines) is 1. The van der Waals surface area contributed by atoms with Gasteiger partial charge in [0, 0.05) is 36.8 Å². The Hall–Kier alpha value is -3.26. The Labute approximate surface area is 178 Å². The minimum absolute atomic E-state index is 0.110. The lowest BCUT2D eigenvalue weighted by Gasteiger charge is -2.17. The molecule has 0 radical (unpaired) electrons. The van der Waals surface area contributed by atoms with Crippen molar-refractivity contribution in [3.05, 3.63) is 59.4 Å². The van der Waals surface area contributed by atoms with Crippen LogP contribution in [0, 0.1) is 0 Å². The van der Waals surface area contributed by atoms with Crippen LogP contribution in [0.4, 0.5) is 4.79 Å². The molecule has 1 fully saturated rings. The van der Waals surface area contributed by atoms with Crippen molar-refractivity contribution in [1.82, 2.24) is 25.3 Å². The van der Waals surface area contributed by atoms with Crippen molar-refractivity contribution in [2.45, 2.75) is 19.4 Å². The lowest BCUT2D eigenvalue weighted by molar-refractivity contribution is 0.0932. The summed E-state index contributed by atoms with van der Waals surface area (Å²) in [6.07, 6.45) is 2.27. The number of rotatable bonds is 5. The van der Waals surface area contributed by atoms with Crippen molar-refractivity contribution >= 4 is 23.5 Å². The smallest absolute Gasteiger partial charge is 0.317 e. The van der Waals surface area contributed by atoms with E-state index in [1.165, 1.54) is 0 Å². The van der Waals surface area contributed by atoms with Crippen LogP contribution < -0.4 is 10.6 Å². The molecule has 1 aromatic carbocycles. The van der Waals surface area contributed by atoms with Gasteiger partial charge in [-0.25, -0.2) is 9.48 Å². The van der Waals surface area contributed by atoms with Gasteiger partial charge in [0.25, 0.3) is 5.91 Å². The van der Waals surface area contributed by atoms with E-state index < -0.39 is 0 Å². The minimum Gasteiger partial charge on any atom is -0.463 e. The number of amides is 3. The maximum absolute atomic E-state index is 12.9. The van der Waals surface area contributed by atoms with Gasteiger partial charge in [0.1, 0.15) is 5.69 Å². The molecule has 8 nitrogen and oxygen atoms in total. The van der Waals surface area contributed by atoms with Crippen LogP contribution in [-0.2, 0) is 0 Å². The van der Waals surface area contributed by atoms with Crippen LogP contribution >= 0.6 is 11.6 Å². The predicted octanol–water partition coefficient (Wildman–Crippen LogP) is 3.32. The molecule has 0 bridgehead atoms. The summed E-state index contributed by atoms with van der Waals surface area (Å²) in [6.45, 7) is 3.53. The molecule has 3 heterocycles. The summed E-state index contributed by atoms with van der Waals surface area (Å²) in [5, 5.41) is 10.9. The summed E-state index contributed by atoms with van der Waals surface area (Å²) in [4.78, 5) is 26.5. The highest BCUT2D eigenvalue weighted by molar-refractivity contribution is 6.30. The van der Waals surface area contributed by atoms with E-state index in [-0.39, 0.29) is 23.7 Å². The highest BCUT2D eigenvalue weighted by Crippen LogP contribution is 2.25. The first-order valence-corrected chi connectivity index (χ1v) is 10.2. The normalized spacial score (nSPS) is 15.9. The van der Waals surface area contributed by atoms with E-state index in [0.717, 1.165) is 5.69 Å². The van der Waals surface area contributed by atoms with Gasteiger partial charge in [0.15, 0.2) is 11.5 Å². The van der Waals surface area contributed by atoms with Gasteiger partial charge in [-0.2, -0.15) is 5.10 Å². The number of halogens is 1. The van der Waals surface area contributed by atoms with Crippen molar-refractivity contribution in [3.8, 4) is 17.1 Å². The van der Waals surface area contributed by atoms with Crippen LogP contribution in [0.3, 0.4) is 0 Å². The van der Waals surface area contributed by atoms with E-state index in [9.17, 15) is 9.59 Å². The molecule has 3 aromatic rings. The molecule has 1 aliphatic rings. The number of hydrogen-bond donors (Lipinski definition) is 2. The van der Waals surface area contributed by atoms with Gasteiger partial charge in [-0.3, -0.25) is 4.79 Å². The summed E-state index contributed by atoms with van der Waals surface area (Å²) in [7, 11) is 0. The lowest BCUT2D eigenvalue weighted by Crippen LogP contribution is -2.42. The van der Waals surface area contributed by atoms with Crippen LogP contribution in [0.1, 0.15) is 23.8 Å². The zero-order valence-electron chi connectivity index (χ0n) is 16.5. The molecule has 3 amide bonds. The maximum atomic E-state index is 12.9. The Bertz CT molecular complexity index is 1030. The third kappa shape index (κ3) is 4.18. The first-order chi connectivity index (χ1) is 14.5. The molecule has 0 aliphatic carbocycles. The molecular formula is C21H22ClN5O3. The SMILES string of the molecule is CCNC(=O)N1CCC(NC(=O)c2cc(-c3ccco3)n(-c3ccc(Cl)cc3)n2)C1. The number of hydrogen-bond acceptors (Lipinski definition) is 4. The number of carbonyl (C=O) groups is 2. The van der Waals surface area contributed by atoms with E-state index in [4.69, 9.17) is 16.0 Å². The summed E-state index contributed by atoms with van der Waals surface area (Å²) in [5.41, 5.74) is 1.68. The second-order valence-corrected chi connectivity index (χ2v) is 7.46. The Kier molecular flexibility index (Phi) is 5.76. The summed E-state index contributed by atoms with van der Waals surface area (Å²) in [5.74, 6) is 0.304. The largest absolute Gasteiger partial charge is 0.463 e. The Morgan fingerprint density at radius 3 is 2.77 bits per heavy atom. The minimum atomic E-state index is -0.293. The third-order valence-electron chi connectivity index (χ3n) is 4.93. The fraction of sp³-hybridized carbons (Fsp3) is 0.286. The second-order valence-electron chi connectivity index (χ2n) is 7.02. The first-order valence-electron chi connectivity index (χ1n) is 9.78. The molecule has 2 aromatic heterocycles. The summed E-state index contributed by atoms with van der Waals surface area (Å²) < 4.78 is 7.18. The highest BCUT2D eigenvalue weighted by atomic mass is 35.5. The van der Waals surface area contributed by atoms with Gasteiger partial charge in [0.2, 0.25) is 0 Å². The van der Waals surface area contributed by atoms with Gasteiger partial charge in [-0.05, 0) is 49.7 Å². The average molecular weight is 428 g/mol. The average Bonchev–Trinajstić information content (AvgIpc) is 3.49. The number of aromatic nitrogens is 2. The van der Waals surface area contributed by atoms with Crippen LogP contribution in [0.25, 0.3) is 17.1 Å². The predicted molar refractivity (Wildman–Crippen MR) is 113 cm³/mol. The Morgan fingerprint density at radius 1 is 1.27 bits per heavy atom. The molecule has 9 heteroatoms. The van der Waals surface area contributed by atoms with Crippen molar-refractivity contribution in [2.75, 3.05) is 19.6 Å². The second kappa shape index (κ2) is 8.62. The van der Waals surface area contributed by atoms with Crippen LogP contribution in [0.15, 0.2) is 53.1 Å². The number of benzene rings is 1. The molecular weight excluding hydrogens is 406 g/mol. The zero-order valence-corrected chi connectivity index (χ0v) is 17.2. The van der Waals surface area contributed by atoms with Gasteiger partial charge in [-0.15, -0.1) is 0 Å². The molecule has 156 valence electrons. The lowest BCUT2D eigenvalue weighted by atomic mass is 10.2. The van der Waals surface area contributed by atoms with Crippen LogP contribution in [-0.4, -0.2) is 52.3 Å². The van der Waals surface area contributed by atoms with Crippen LogP contribution in [0.2, 0.25) is 5.02 Å². The highest BCUT2D eigenvalue weighted by Gasteiger charge is 2.28. The third-order valence-corrected chi connectivity index (χ3v) is 5.18. The molecule has 1 saturated heterocycles. The van der Waals surface area contributed by atoms with E-state index in [0.29, 0.717) is 42.5 Å². The molecule has 30 heavy (non-hydrogen) atoms. The van der Waals surface area contributed by atoms with Crippen molar-refractivity contribution in [1.29, 1.82) is 0 Å². The van der Waals surface area contributed by atoms with Gasteiger partial charge in [-0.1, -0.05) is 11.6 Å². The number of nitrogens with one attached hydrogen (secondary N) is 2. The monoisotopic (exact) mass is 427 g/mol. The topological polar surface area (TPSA) is 92.4 Å². The maximum Gasteiger partial charge on any atom is 0.317 e. The standard InChI is InChI=1S/C21H22ClN5O3/c1-2-23-21(29)26-10-9-15(13-26)24-20(28)17-12-18(19-4-3-11-30-19)27(25-17)16-7-5-14(22)6-8-16/h3-8,11-12,15H,2,9-10,13H2,1H3,(H,23,29)(H,24,28). The van der Waals surface area contributed by atoms with E-state index in [1.807, 2.05) is 25.1 Å². The van der Waals surface area contributed by atoms with E-state index in [2.05, 4.69) is 15.7 Å². The summed E-state index contributed by atoms with van der Waals surface area (Å²) in [6, 6.07) is 12.2. The molecule has 2 N–H and O–H groups in total. The number of carbonyl (C=O) groups excluding carboxylic acids is 2. The first kappa shape index (κ1) is 20.0. The zero-order chi connectivity index (χ0) is 21.1. The molecule has 1 aliphatic heterocycles. The van der Waals surface area contributed by atoms with Crippen molar-refractivity contribution < 1.29 is 14.0 Å². The van der Waals surface area contributed by atoms with Crippen molar-refractivity contribution in [3.63, 3.8) is 0 Å². The van der Waals surface area contributed by atoms with Crippen molar-refractivity contribution in [2.24, 2.45) is 0 Å². The molecule has 1 unspecified atom stereocenters. The quantitative estimate of drug-likeness (QED) is 0.653. The Balaban J connectivity index is 1.54. The molecule has 1 atom stereocenters. The van der Waals surface area contributed by atoms with E-state index >= 15 is 0 Å².